The minimum Gasteiger partial charge on any atom is -0.353 e. The molecule has 4 rings (SSSR count). The van der Waals surface area contributed by atoms with Gasteiger partial charge in [-0.25, -0.2) is 4.39 Å². The largest absolute Gasteiger partial charge is 0.353 e. The van der Waals surface area contributed by atoms with Crippen molar-refractivity contribution < 1.29 is 23.5 Å². The van der Waals surface area contributed by atoms with Gasteiger partial charge in [-0.2, -0.15) is 0 Å². The van der Waals surface area contributed by atoms with Gasteiger partial charge in [-0.15, -0.1) is 0 Å². The Morgan fingerprint density at radius 2 is 1.62 bits per heavy atom. The fourth-order valence-corrected chi connectivity index (χ4v) is 5.11. The fourth-order valence-electron chi connectivity index (χ4n) is 5.11. The van der Waals surface area contributed by atoms with Gasteiger partial charge in [0.15, 0.2) is 0 Å². The highest BCUT2D eigenvalue weighted by atomic mass is 19.1. The number of nitrogens with zero attached hydrogens (tertiary/aromatic N) is 4. The second-order valence-electron chi connectivity index (χ2n) is 10.1. The van der Waals surface area contributed by atoms with Gasteiger partial charge in [-0.1, -0.05) is 13.8 Å². The summed E-state index contributed by atoms with van der Waals surface area (Å²) in [4.78, 5) is 47.2. The number of carbonyl (C=O) groups excluding carboxylic acids is 3. The van der Waals surface area contributed by atoms with E-state index in [2.05, 4.69) is 4.90 Å². The molecule has 1 aromatic rings. The van der Waals surface area contributed by atoms with Crippen LogP contribution in [-0.4, -0.2) is 102 Å². The minimum atomic E-state index is -0.951. The minimum absolute atomic E-state index is 0.101. The van der Waals surface area contributed by atoms with E-state index in [1.165, 1.54) is 24.3 Å². The van der Waals surface area contributed by atoms with Crippen molar-refractivity contribution >= 4 is 17.7 Å². The van der Waals surface area contributed by atoms with Gasteiger partial charge in [-0.05, 0) is 37.2 Å². The number of hydrogen-bond acceptors (Lipinski definition) is 5. The van der Waals surface area contributed by atoms with E-state index in [1.54, 1.807) is 9.80 Å². The summed E-state index contributed by atoms with van der Waals surface area (Å²) in [5, 5.41) is 0. The molecular formula is C25H35FN4O4. The number of ether oxygens (including phenoxy) is 1. The molecule has 34 heavy (non-hydrogen) atoms. The fraction of sp³-hybridized carbons (Fsp3) is 0.640. The second-order valence-corrected chi connectivity index (χ2v) is 10.1. The first-order valence-electron chi connectivity index (χ1n) is 12.2. The predicted octanol–water partition coefficient (Wildman–Crippen LogP) is 1.81. The van der Waals surface area contributed by atoms with Crippen LogP contribution in [0.25, 0.3) is 0 Å². The first-order chi connectivity index (χ1) is 16.2. The van der Waals surface area contributed by atoms with Crippen molar-refractivity contribution in [2.24, 2.45) is 5.92 Å². The number of piperazine rings is 1. The molecule has 3 fully saturated rings. The van der Waals surface area contributed by atoms with Gasteiger partial charge in [-0.3, -0.25) is 19.3 Å². The van der Waals surface area contributed by atoms with Crippen LogP contribution in [0.4, 0.5) is 4.39 Å². The zero-order chi connectivity index (χ0) is 24.5. The van der Waals surface area contributed by atoms with Gasteiger partial charge in [0.05, 0.1) is 6.61 Å². The lowest BCUT2D eigenvalue weighted by Crippen LogP contribution is -2.61. The molecule has 3 aliphatic rings. The van der Waals surface area contributed by atoms with Crippen LogP contribution in [-0.2, 0) is 14.3 Å². The normalized spacial score (nSPS) is 23.1. The van der Waals surface area contributed by atoms with Gasteiger partial charge in [0, 0.05) is 64.1 Å². The van der Waals surface area contributed by atoms with Gasteiger partial charge in [0.1, 0.15) is 17.6 Å². The number of likely N-dealkylation sites (tertiary alicyclic amines) is 1. The smallest absolute Gasteiger partial charge is 0.256 e. The molecule has 3 aliphatic heterocycles. The highest BCUT2D eigenvalue weighted by molar-refractivity contribution is 5.98. The van der Waals surface area contributed by atoms with Crippen molar-refractivity contribution in [1.82, 2.24) is 19.6 Å². The van der Waals surface area contributed by atoms with E-state index in [0.717, 1.165) is 13.1 Å². The molecule has 1 atom stereocenters. The van der Waals surface area contributed by atoms with Gasteiger partial charge in [0.2, 0.25) is 11.8 Å². The number of likely N-dealkylation sites (N-methyl/N-ethyl adjacent to an activating group) is 1. The van der Waals surface area contributed by atoms with E-state index in [4.69, 9.17) is 4.74 Å². The molecule has 1 spiro atoms. The monoisotopic (exact) mass is 474 g/mol. The van der Waals surface area contributed by atoms with E-state index >= 15 is 0 Å². The van der Waals surface area contributed by atoms with Crippen LogP contribution in [0.15, 0.2) is 24.3 Å². The van der Waals surface area contributed by atoms with Crippen LogP contribution in [0.5, 0.6) is 0 Å². The lowest BCUT2D eigenvalue weighted by Gasteiger charge is -2.45. The van der Waals surface area contributed by atoms with Gasteiger partial charge < -0.3 is 19.4 Å². The maximum Gasteiger partial charge on any atom is 0.256 e. The van der Waals surface area contributed by atoms with Crippen LogP contribution in [0.2, 0.25) is 0 Å². The Hall–Kier alpha value is -2.52. The molecule has 0 saturated carbocycles. The van der Waals surface area contributed by atoms with E-state index in [-0.39, 0.29) is 30.2 Å². The van der Waals surface area contributed by atoms with Crippen molar-refractivity contribution in [3.05, 3.63) is 35.6 Å². The molecule has 0 aliphatic carbocycles. The average molecular weight is 475 g/mol. The Kier molecular flexibility index (Phi) is 7.23. The summed E-state index contributed by atoms with van der Waals surface area (Å²) in [6.45, 7) is 7.86. The average Bonchev–Trinajstić information content (AvgIpc) is 3.17. The highest BCUT2D eigenvalue weighted by Crippen LogP contribution is 2.39. The summed E-state index contributed by atoms with van der Waals surface area (Å²) in [5.41, 5.74) is -0.631. The summed E-state index contributed by atoms with van der Waals surface area (Å²) in [5.74, 6) is -0.505. The standard InChI is InChI=1S/C25H35FN4O4/c1-18(2)16-22(31)28-10-8-25(9-11-28)30(23(32)19-4-6-20(26)7-5-19)21(17-34-25)24(33)29-14-12-27(3)13-15-29/h4-7,18,21H,8-17H2,1-3H3. The maximum atomic E-state index is 13.7. The van der Waals surface area contributed by atoms with Crippen LogP contribution >= 0.6 is 0 Å². The maximum absolute atomic E-state index is 13.7. The number of carbonyl (C=O) groups is 3. The zero-order valence-corrected chi connectivity index (χ0v) is 20.3. The zero-order valence-electron chi connectivity index (χ0n) is 20.3. The molecule has 9 heteroatoms. The van der Waals surface area contributed by atoms with Crippen molar-refractivity contribution in [2.75, 3.05) is 52.9 Å². The number of amides is 3. The molecule has 1 aromatic carbocycles. The molecule has 3 heterocycles. The Labute approximate surface area is 200 Å². The molecule has 0 radical (unpaired) electrons. The predicted molar refractivity (Wildman–Crippen MR) is 124 cm³/mol. The Balaban J connectivity index is 1.57. The third-order valence-electron chi connectivity index (χ3n) is 7.15. The van der Waals surface area contributed by atoms with E-state index in [1.807, 2.05) is 25.8 Å². The Bertz CT molecular complexity index is 906. The quantitative estimate of drug-likeness (QED) is 0.666. The van der Waals surface area contributed by atoms with Crippen molar-refractivity contribution in [3.63, 3.8) is 0 Å². The van der Waals surface area contributed by atoms with Crippen LogP contribution in [0.1, 0.15) is 43.5 Å². The van der Waals surface area contributed by atoms with Crippen molar-refractivity contribution in [2.45, 2.75) is 44.9 Å². The highest BCUT2D eigenvalue weighted by Gasteiger charge is 2.55. The lowest BCUT2D eigenvalue weighted by atomic mass is 9.95. The summed E-state index contributed by atoms with van der Waals surface area (Å²) < 4.78 is 19.8. The van der Waals surface area contributed by atoms with Crippen LogP contribution in [0.3, 0.4) is 0 Å². The van der Waals surface area contributed by atoms with Crippen molar-refractivity contribution in [3.8, 4) is 0 Å². The Morgan fingerprint density at radius 3 is 2.21 bits per heavy atom. The van der Waals surface area contributed by atoms with E-state index < -0.39 is 17.6 Å². The molecule has 0 N–H and O–H groups in total. The second kappa shape index (κ2) is 10.00. The Morgan fingerprint density at radius 1 is 1.00 bits per heavy atom. The van der Waals surface area contributed by atoms with E-state index in [0.29, 0.717) is 51.0 Å². The summed E-state index contributed by atoms with van der Waals surface area (Å²) in [7, 11) is 2.02. The third kappa shape index (κ3) is 4.95. The SMILES string of the molecule is CC(C)CC(=O)N1CCC2(CC1)OCC(C(=O)N1CCN(C)CC1)N2C(=O)c1ccc(F)cc1. The number of benzene rings is 1. The van der Waals surface area contributed by atoms with Gasteiger partial charge >= 0.3 is 0 Å². The summed E-state index contributed by atoms with van der Waals surface area (Å²) in [6.07, 6.45) is 1.36. The third-order valence-corrected chi connectivity index (χ3v) is 7.15. The number of piperidine rings is 1. The van der Waals surface area contributed by atoms with Crippen LogP contribution in [0, 0.1) is 11.7 Å². The molecule has 186 valence electrons. The first kappa shape index (κ1) is 24.6. The molecule has 1 unspecified atom stereocenters. The molecule has 0 bridgehead atoms. The molecule has 8 nitrogen and oxygen atoms in total. The summed E-state index contributed by atoms with van der Waals surface area (Å²) in [6, 6.07) is 4.66. The number of hydrogen-bond donors (Lipinski definition) is 0. The first-order valence-corrected chi connectivity index (χ1v) is 12.2. The molecular weight excluding hydrogens is 439 g/mol. The number of rotatable bonds is 4. The van der Waals surface area contributed by atoms with Crippen LogP contribution < -0.4 is 0 Å². The van der Waals surface area contributed by atoms with Crippen molar-refractivity contribution in [1.29, 1.82) is 0 Å². The topological polar surface area (TPSA) is 73.4 Å². The molecule has 0 aromatic heterocycles. The summed E-state index contributed by atoms with van der Waals surface area (Å²) >= 11 is 0. The van der Waals surface area contributed by atoms with Gasteiger partial charge in [0.25, 0.3) is 5.91 Å². The lowest BCUT2D eigenvalue weighted by molar-refractivity contribution is -0.146. The molecule has 3 saturated heterocycles. The molecule has 3 amide bonds. The number of halogens is 1. The van der Waals surface area contributed by atoms with E-state index in [9.17, 15) is 18.8 Å².